The lowest BCUT2D eigenvalue weighted by Crippen LogP contribution is -2.58. The third-order valence-corrected chi connectivity index (χ3v) is 8.84. The molecule has 2 fully saturated rings. The van der Waals surface area contributed by atoms with Crippen LogP contribution in [0.25, 0.3) is 0 Å². The van der Waals surface area contributed by atoms with Crippen LogP contribution >= 0.6 is 11.3 Å². The van der Waals surface area contributed by atoms with E-state index < -0.39 is 17.4 Å². The number of carbonyl (C=O) groups excluding carboxylic acids is 4. The molecule has 2 aliphatic rings. The van der Waals surface area contributed by atoms with Crippen LogP contribution in [0.4, 0.5) is 0 Å². The monoisotopic (exact) mass is 564 g/mol. The minimum atomic E-state index is -0.779. The number of hydrogen-bond donors (Lipinski definition) is 2. The first kappa shape index (κ1) is 30.9. The molecule has 0 spiro atoms. The normalized spacial score (nSPS) is 18.4. The molecule has 4 amide bonds. The zero-order valence-electron chi connectivity index (χ0n) is 23.9. The highest BCUT2D eigenvalue weighted by Crippen LogP contribution is 2.32. The molecule has 0 radical (unpaired) electrons. The molecule has 10 nitrogen and oxygen atoms in total. The zero-order chi connectivity index (χ0) is 28.7. The van der Waals surface area contributed by atoms with Gasteiger partial charge in [-0.3, -0.25) is 24.4 Å². The zero-order valence-corrected chi connectivity index (χ0v) is 24.7. The van der Waals surface area contributed by atoms with Gasteiger partial charge in [-0.15, -0.1) is 11.3 Å². The first-order chi connectivity index (χ1) is 18.5. The summed E-state index contributed by atoms with van der Waals surface area (Å²) < 4.78 is 5.30. The molecule has 2 atom stereocenters. The van der Waals surface area contributed by atoms with E-state index in [1.54, 1.807) is 29.3 Å². The van der Waals surface area contributed by atoms with Gasteiger partial charge in [-0.25, -0.2) is 5.06 Å². The van der Waals surface area contributed by atoms with Gasteiger partial charge in [0, 0.05) is 36.9 Å². The second kappa shape index (κ2) is 13.6. The topological polar surface area (TPSA) is 119 Å². The lowest BCUT2D eigenvalue weighted by Gasteiger charge is -2.40. The highest BCUT2D eigenvalue weighted by molar-refractivity contribution is 7.08. The fraction of sp³-hybridized carbons (Fsp3) is 0.714. The largest absolute Gasteiger partial charge is 0.495 e. The molecule has 1 saturated carbocycles. The second-order valence-electron chi connectivity index (χ2n) is 11.9. The molecular weight excluding hydrogens is 520 g/mol. The van der Waals surface area contributed by atoms with Gasteiger partial charge < -0.3 is 19.9 Å². The Morgan fingerprint density at radius 1 is 1.18 bits per heavy atom. The van der Waals surface area contributed by atoms with Crippen molar-refractivity contribution in [3.63, 3.8) is 0 Å². The number of hydroxylamine groups is 2. The third-order valence-electron chi connectivity index (χ3n) is 8.12. The molecule has 1 aromatic heterocycles. The van der Waals surface area contributed by atoms with Gasteiger partial charge in [0.05, 0.1) is 25.1 Å². The standard InChI is InChI=1S/C28H44N4O6S/c1-28(2,3)24(29-25(34)20(15-32(37)18-33)14-19-8-6-7-9-19)27(36)30(4)21-10-12-31(13-11-21)26(35)22-16-39-17-23(22)38-5/h16-21,24,37H,6-15H2,1-5H3,(H,29,34)/t20-,24-/m1/s1. The minimum absolute atomic E-state index is 0.0649. The van der Waals surface area contributed by atoms with E-state index in [4.69, 9.17) is 4.74 Å². The number of carbonyl (C=O) groups is 4. The Morgan fingerprint density at radius 3 is 2.38 bits per heavy atom. The SMILES string of the molecule is COc1cscc1C(=O)N1CCC(N(C)C(=O)[C@@H](NC(=O)[C@H](CC2CCCC2)CN(O)C=O)C(C)(C)C)CC1. The molecule has 1 aliphatic carbocycles. The van der Waals surface area contributed by atoms with Crippen molar-refractivity contribution in [3.8, 4) is 5.75 Å². The van der Waals surface area contributed by atoms with Crippen LogP contribution in [-0.4, -0.2) is 90.1 Å². The Bertz CT molecular complexity index is 994. The average molecular weight is 565 g/mol. The molecule has 1 aromatic rings. The van der Waals surface area contributed by atoms with Crippen molar-refractivity contribution in [2.45, 2.75) is 77.8 Å². The maximum atomic E-state index is 13.8. The molecule has 1 aliphatic heterocycles. The van der Waals surface area contributed by atoms with Crippen LogP contribution in [-0.2, 0) is 14.4 Å². The highest BCUT2D eigenvalue weighted by atomic mass is 32.1. The Morgan fingerprint density at radius 2 is 1.82 bits per heavy atom. The first-order valence-corrected chi connectivity index (χ1v) is 14.8. The number of methoxy groups -OCH3 is 1. The van der Waals surface area contributed by atoms with Gasteiger partial charge in [0.15, 0.2) is 0 Å². The van der Waals surface area contributed by atoms with Crippen LogP contribution in [0.1, 0.15) is 76.1 Å². The number of piperidine rings is 1. The molecule has 3 rings (SSSR count). The van der Waals surface area contributed by atoms with Gasteiger partial charge in [-0.05, 0) is 30.6 Å². The molecule has 218 valence electrons. The van der Waals surface area contributed by atoms with Crippen LogP contribution in [0.5, 0.6) is 5.75 Å². The van der Waals surface area contributed by atoms with Crippen molar-refractivity contribution < 1.29 is 29.1 Å². The van der Waals surface area contributed by atoms with Crippen molar-refractivity contribution in [2.75, 3.05) is 33.8 Å². The van der Waals surface area contributed by atoms with E-state index in [1.165, 1.54) is 11.3 Å². The highest BCUT2D eigenvalue weighted by Gasteiger charge is 2.39. The Kier molecular flexibility index (Phi) is 10.8. The fourth-order valence-electron chi connectivity index (χ4n) is 5.70. The predicted molar refractivity (Wildman–Crippen MR) is 149 cm³/mol. The van der Waals surface area contributed by atoms with Gasteiger partial charge in [0.1, 0.15) is 11.8 Å². The van der Waals surface area contributed by atoms with Gasteiger partial charge in [0.25, 0.3) is 5.91 Å². The van der Waals surface area contributed by atoms with Gasteiger partial charge >= 0.3 is 0 Å². The van der Waals surface area contributed by atoms with Crippen molar-refractivity contribution >= 4 is 35.5 Å². The molecule has 0 bridgehead atoms. The average Bonchev–Trinajstić information content (AvgIpc) is 3.61. The number of likely N-dealkylation sites (N-methyl/N-ethyl adjacent to an activating group) is 1. The summed E-state index contributed by atoms with van der Waals surface area (Å²) in [5.74, 6) is -0.233. The summed E-state index contributed by atoms with van der Waals surface area (Å²) in [6, 6.07) is -0.843. The Balaban J connectivity index is 1.65. The number of hydrogen-bond acceptors (Lipinski definition) is 7. The summed E-state index contributed by atoms with van der Waals surface area (Å²) >= 11 is 1.42. The molecular formula is C28H44N4O6S. The van der Waals surface area contributed by atoms with E-state index in [-0.39, 0.29) is 30.3 Å². The number of rotatable bonds is 11. The van der Waals surface area contributed by atoms with Gasteiger partial charge in [0.2, 0.25) is 18.2 Å². The maximum absolute atomic E-state index is 13.8. The summed E-state index contributed by atoms with van der Waals surface area (Å²) in [5, 5.41) is 16.9. The number of nitrogens with one attached hydrogen (secondary N) is 1. The Hall–Kier alpha value is -2.66. The summed E-state index contributed by atoms with van der Waals surface area (Å²) in [6.45, 7) is 6.68. The molecule has 39 heavy (non-hydrogen) atoms. The lowest BCUT2D eigenvalue weighted by molar-refractivity contribution is -0.156. The molecule has 11 heteroatoms. The number of likely N-dealkylation sites (tertiary alicyclic amines) is 1. The van der Waals surface area contributed by atoms with E-state index in [2.05, 4.69) is 5.32 Å². The van der Waals surface area contributed by atoms with Crippen molar-refractivity contribution in [1.82, 2.24) is 20.2 Å². The van der Waals surface area contributed by atoms with E-state index in [0.717, 1.165) is 25.7 Å². The molecule has 2 N–H and O–H groups in total. The van der Waals surface area contributed by atoms with Crippen molar-refractivity contribution in [3.05, 3.63) is 16.3 Å². The first-order valence-electron chi connectivity index (χ1n) is 13.8. The molecule has 2 heterocycles. The summed E-state index contributed by atoms with van der Waals surface area (Å²) in [6.07, 6.45) is 6.44. The quantitative estimate of drug-likeness (QED) is 0.242. The molecule has 1 saturated heterocycles. The number of nitrogens with zero attached hydrogens (tertiary/aromatic N) is 3. The maximum Gasteiger partial charge on any atom is 0.258 e. The van der Waals surface area contributed by atoms with Crippen molar-refractivity contribution in [2.24, 2.45) is 17.3 Å². The second-order valence-corrected chi connectivity index (χ2v) is 12.7. The number of amides is 4. The minimum Gasteiger partial charge on any atom is -0.495 e. The number of thiophene rings is 1. The van der Waals surface area contributed by atoms with Crippen LogP contribution in [0, 0.1) is 17.3 Å². The Labute approximate surface area is 235 Å². The van der Waals surface area contributed by atoms with E-state index in [9.17, 15) is 24.4 Å². The number of ether oxygens (including phenoxy) is 1. The van der Waals surface area contributed by atoms with Crippen molar-refractivity contribution in [1.29, 1.82) is 0 Å². The van der Waals surface area contributed by atoms with Gasteiger partial charge in [-0.2, -0.15) is 0 Å². The molecule has 0 unspecified atom stereocenters. The van der Waals surface area contributed by atoms with Crippen LogP contribution in [0.2, 0.25) is 0 Å². The van der Waals surface area contributed by atoms with Crippen LogP contribution < -0.4 is 10.1 Å². The van der Waals surface area contributed by atoms with E-state index in [0.29, 0.717) is 61.1 Å². The van der Waals surface area contributed by atoms with Gasteiger partial charge in [-0.1, -0.05) is 46.5 Å². The summed E-state index contributed by atoms with van der Waals surface area (Å²) in [7, 11) is 3.31. The lowest BCUT2D eigenvalue weighted by atomic mass is 9.84. The fourth-order valence-corrected chi connectivity index (χ4v) is 6.47. The van der Waals surface area contributed by atoms with E-state index >= 15 is 0 Å². The summed E-state index contributed by atoms with van der Waals surface area (Å²) in [4.78, 5) is 54.7. The predicted octanol–water partition coefficient (Wildman–Crippen LogP) is 3.39. The van der Waals surface area contributed by atoms with Crippen LogP contribution in [0.15, 0.2) is 10.8 Å². The van der Waals surface area contributed by atoms with Crippen LogP contribution in [0.3, 0.4) is 0 Å². The smallest absolute Gasteiger partial charge is 0.258 e. The summed E-state index contributed by atoms with van der Waals surface area (Å²) in [5.41, 5.74) is -0.00154. The van der Waals surface area contributed by atoms with E-state index in [1.807, 2.05) is 26.2 Å². The third kappa shape index (κ3) is 7.94. The molecule has 0 aromatic carbocycles.